The lowest BCUT2D eigenvalue weighted by molar-refractivity contribution is -0.133. The molecule has 0 saturated carbocycles. The Kier molecular flexibility index (Phi) is 23.2. The zero-order valence-corrected chi connectivity index (χ0v) is 48.1. The average molecular weight is 1150 g/mol. The second-order valence-corrected chi connectivity index (χ2v) is 20.5. The Bertz CT molecular complexity index is 3550. The zero-order chi connectivity index (χ0) is 62.1. The van der Waals surface area contributed by atoms with Gasteiger partial charge in [-0.2, -0.15) is 0 Å². The number of anilines is 3. The number of hydrogen-bond donors (Lipinski definition) is 4. The van der Waals surface area contributed by atoms with E-state index in [-0.39, 0.29) is 0 Å². The highest BCUT2D eigenvalue weighted by molar-refractivity contribution is 5.98. The van der Waals surface area contributed by atoms with Crippen LogP contribution in [0, 0.1) is 26.3 Å². The van der Waals surface area contributed by atoms with Gasteiger partial charge in [-0.05, 0) is 158 Å². The Balaban J connectivity index is 1.26. The standard InChI is InChI=1S/C74H63N5O8/c1-6-7-8-9-10-11-12-13-14-15-16-51-25-39-62(40-26-51)79(63-41-27-52(28-42-63)45-65(58-31-17-54(18-32-58)47-67(75-2)71(80)81)59-33-19-55(20-34-59)48-68(76-3)72(82)83)64-43-29-53(30-44-64)46-66(60-35-21-56(22-36-60)49-69(77-4)73(84)85)61-37-23-57(24-38-61)50-70(78-5)74(86)87/h17-50H,6-16H2,1H3,(H,80,81)(H,82,83)(H,84,85)(H,86,87)/b67-47-,68-48-,69-49-,70-50-. The molecule has 0 bridgehead atoms. The van der Waals surface area contributed by atoms with Crippen LogP contribution >= 0.6 is 0 Å². The van der Waals surface area contributed by atoms with Gasteiger partial charge in [0, 0.05) is 17.1 Å². The fraction of sp³-hybridized carbons (Fsp3) is 0.162. The van der Waals surface area contributed by atoms with Gasteiger partial charge in [-0.1, -0.05) is 198 Å². The summed E-state index contributed by atoms with van der Waals surface area (Å²) in [5, 5.41) is 38.0. The van der Waals surface area contributed by atoms with Gasteiger partial charge in [0.15, 0.2) is 0 Å². The maximum atomic E-state index is 11.6. The van der Waals surface area contributed by atoms with E-state index < -0.39 is 46.7 Å². The Labute approximate surface area is 507 Å². The number of aryl methyl sites for hydroxylation is 1. The first-order chi connectivity index (χ1) is 42.2. The van der Waals surface area contributed by atoms with Crippen molar-refractivity contribution in [2.24, 2.45) is 0 Å². The first-order valence-electron chi connectivity index (χ1n) is 28.4. The number of benzene rings is 7. The molecule has 7 aromatic carbocycles. The van der Waals surface area contributed by atoms with Crippen molar-refractivity contribution in [3.05, 3.63) is 300 Å². The molecule has 7 aromatic rings. The van der Waals surface area contributed by atoms with E-state index in [1.54, 1.807) is 48.5 Å². The van der Waals surface area contributed by atoms with Crippen LogP contribution in [0.25, 0.3) is 67.0 Å². The van der Waals surface area contributed by atoms with Crippen LogP contribution in [0.4, 0.5) is 17.1 Å². The molecule has 87 heavy (non-hydrogen) atoms. The highest BCUT2D eigenvalue weighted by atomic mass is 16.4. The summed E-state index contributed by atoms with van der Waals surface area (Å²) in [7, 11) is 0. The Morgan fingerprint density at radius 3 is 0.816 bits per heavy atom. The van der Waals surface area contributed by atoms with E-state index in [1.807, 2.05) is 109 Å². The van der Waals surface area contributed by atoms with Crippen LogP contribution in [0.2, 0.25) is 0 Å². The van der Waals surface area contributed by atoms with E-state index in [4.69, 9.17) is 26.3 Å². The minimum atomic E-state index is -1.33. The third-order valence-corrected chi connectivity index (χ3v) is 14.4. The molecule has 0 amide bonds. The van der Waals surface area contributed by atoms with Crippen molar-refractivity contribution in [2.45, 2.75) is 77.6 Å². The van der Waals surface area contributed by atoms with Gasteiger partial charge < -0.3 is 25.3 Å². The molecule has 13 nitrogen and oxygen atoms in total. The first-order valence-corrected chi connectivity index (χ1v) is 28.4. The SMILES string of the molecule is [C-]#[N+]/C(=C\c1ccc(C(=Cc2ccc(N(c3ccc(C=C(c4ccc(/C=C(\[N+]#[C-])C(=O)O)cc4)c4ccc(/C=C(\[N+]#[C-])C(=O)O)cc4)cc3)c3ccc(CCCCCCCCCCCC)cc3)cc2)c2ccc(/C=C(\[N+]#[C-])C(=O)O)cc2)cc1)C(=O)O. The van der Waals surface area contributed by atoms with Crippen LogP contribution in [0.15, 0.2) is 193 Å². The van der Waals surface area contributed by atoms with Crippen molar-refractivity contribution in [3.8, 4) is 0 Å². The van der Waals surface area contributed by atoms with Crippen LogP contribution in [0.1, 0.15) is 132 Å². The van der Waals surface area contributed by atoms with Gasteiger partial charge in [-0.15, -0.1) is 0 Å². The fourth-order valence-corrected chi connectivity index (χ4v) is 9.75. The summed E-state index contributed by atoms with van der Waals surface area (Å²) in [5.74, 6) is -5.31. The normalized spacial score (nSPS) is 11.5. The molecule has 0 radical (unpaired) electrons. The molecule has 0 saturated heterocycles. The summed E-state index contributed by atoms with van der Waals surface area (Å²) in [4.78, 5) is 61.3. The van der Waals surface area contributed by atoms with Gasteiger partial charge >= 0.3 is 23.9 Å². The number of nitrogens with zero attached hydrogens (tertiary/aromatic N) is 5. The average Bonchev–Trinajstić information content (AvgIpc) is 2.05. The molecule has 4 N–H and O–H groups in total. The van der Waals surface area contributed by atoms with E-state index >= 15 is 0 Å². The van der Waals surface area contributed by atoms with E-state index in [1.165, 1.54) is 87.7 Å². The fourth-order valence-electron chi connectivity index (χ4n) is 9.75. The van der Waals surface area contributed by atoms with Crippen molar-refractivity contribution in [2.75, 3.05) is 4.90 Å². The molecule has 0 aliphatic heterocycles. The van der Waals surface area contributed by atoms with Crippen molar-refractivity contribution in [1.29, 1.82) is 0 Å². The molecule has 7 rings (SSSR count). The van der Waals surface area contributed by atoms with Crippen LogP contribution in [0.3, 0.4) is 0 Å². The van der Waals surface area contributed by atoms with Crippen molar-refractivity contribution in [1.82, 2.24) is 0 Å². The second kappa shape index (κ2) is 31.9. The van der Waals surface area contributed by atoms with Crippen molar-refractivity contribution >= 4 is 88.5 Å². The summed E-state index contributed by atoms with van der Waals surface area (Å²) in [6.45, 7) is 31.5. The molecule has 0 fully saturated rings. The maximum Gasteiger partial charge on any atom is 0.333 e. The number of hydrogen-bond acceptors (Lipinski definition) is 5. The van der Waals surface area contributed by atoms with Crippen LogP contribution in [0.5, 0.6) is 0 Å². The largest absolute Gasteiger partial charge is 0.486 e. The predicted octanol–water partition coefficient (Wildman–Crippen LogP) is 18.2. The lowest BCUT2D eigenvalue weighted by Crippen LogP contribution is -2.10. The minimum Gasteiger partial charge on any atom is -0.486 e. The summed E-state index contributed by atoms with van der Waals surface area (Å²) >= 11 is 0. The Hall–Kier alpha value is -11.4. The quantitative estimate of drug-likeness (QED) is 0.0161. The van der Waals surface area contributed by atoms with E-state index in [9.17, 15) is 39.6 Å². The van der Waals surface area contributed by atoms with E-state index in [0.717, 1.165) is 74.4 Å². The lowest BCUT2D eigenvalue weighted by atomic mass is 9.94. The monoisotopic (exact) mass is 1150 g/mol. The molecular weight excluding hydrogens is 1090 g/mol. The molecular formula is C74H63N5O8. The molecule has 0 atom stereocenters. The molecule has 0 spiro atoms. The predicted molar refractivity (Wildman–Crippen MR) is 345 cm³/mol. The number of rotatable bonds is 28. The molecule has 0 unspecified atom stereocenters. The van der Waals surface area contributed by atoms with Crippen LogP contribution in [-0.4, -0.2) is 44.3 Å². The first kappa shape index (κ1) is 63.2. The summed E-state index contributed by atoms with van der Waals surface area (Å²) in [5.41, 5.74) is 10.8. The smallest absolute Gasteiger partial charge is 0.333 e. The van der Waals surface area contributed by atoms with Crippen LogP contribution in [-0.2, 0) is 25.6 Å². The van der Waals surface area contributed by atoms with Gasteiger partial charge in [0.05, 0.1) is 26.3 Å². The summed E-state index contributed by atoms with van der Waals surface area (Å²) < 4.78 is 0. The summed E-state index contributed by atoms with van der Waals surface area (Å²) in [6, 6.07) is 53.5. The highest BCUT2D eigenvalue weighted by Gasteiger charge is 2.17. The van der Waals surface area contributed by atoms with Gasteiger partial charge in [-0.25, -0.2) is 19.4 Å². The molecule has 0 aromatic heterocycles. The molecule has 0 aliphatic rings. The van der Waals surface area contributed by atoms with Gasteiger partial charge in [0.2, 0.25) is 0 Å². The highest BCUT2D eigenvalue weighted by Crippen LogP contribution is 2.37. The zero-order valence-electron chi connectivity index (χ0n) is 48.1. The maximum absolute atomic E-state index is 11.6. The van der Waals surface area contributed by atoms with Crippen molar-refractivity contribution < 1.29 is 39.6 Å². The van der Waals surface area contributed by atoms with Gasteiger partial charge in [-0.3, -0.25) is 19.2 Å². The van der Waals surface area contributed by atoms with E-state index in [0.29, 0.717) is 22.3 Å². The Morgan fingerprint density at radius 1 is 0.333 bits per heavy atom. The van der Waals surface area contributed by atoms with Crippen molar-refractivity contribution in [3.63, 3.8) is 0 Å². The third-order valence-electron chi connectivity index (χ3n) is 14.4. The van der Waals surface area contributed by atoms with Crippen LogP contribution < -0.4 is 4.90 Å². The number of aliphatic carboxylic acids is 4. The topological polar surface area (TPSA) is 170 Å². The molecule has 13 heteroatoms. The molecule has 0 heterocycles. The number of carbonyl (C=O) groups is 4. The van der Waals surface area contributed by atoms with Gasteiger partial charge in [0.25, 0.3) is 22.8 Å². The molecule has 432 valence electrons. The second-order valence-electron chi connectivity index (χ2n) is 20.5. The number of carboxylic acid groups (broad SMARTS) is 4. The van der Waals surface area contributed by atoms with E-state index in [2.05, 4.69) is 55.5 Å². The van der Waals surface area contributed by atoms with Gasteiger partial charge in [0.1, 0.15) is 0 Å². The number of carboxylic acids is 4. The molecule has 0 aliphatic carbocycles. The third kappa shape index (κ3) is 18.3. The lowest BCUT2D eigenvalue weighted by Gasteiger charge is -2.26. The minimum absolute atomic E-state index is 0.419. The Morgan fingerprint density at radius 2 is 0.563 bits per heavy atom. The summed E-state index contributed by atoms with van der Waals surface area (Å²) in [6.07, 6.45) is 22.9. The number of unbranched alkanes of at least 4 members (excludes halogenated alkanes) is 9.